The van der Waals surface area contributed by atoms with Crippen molar-refractivity contribution in [2.75, 3.05) is 0 Å². The Morgan fingerprint density at radius 2 is 1.39 bits per heavy atom. The molecule has 0 amide bonds. The van der Waals surface area contributed by atoms with Crippen molar-refractivity contribution in [1.29, 1.82) is 0 Å². The number of esters is 1. The predicted octanol–water partition coefficient (Wildman–Crippen LogP) is 4.64. The number of hydrogen-bond acceptors (Lipinski definition) is 4. The number of benzene rings is 2. The molecular weight excluding hydrogens is 400 g/mol. The second kappa shape index (κ2) is 7.20. The lowest BCUT2D eigenvalue weighted by atomic mass is 10.1. The molecule has 0 heterocycles. The van der Waals surface area contributed by atoms with Crippen LogP contribution in [0.1, 0.15) is 31.9 Å². The number of rotatable bonds is 4. The number of alkyl halides is 4. The zero-order valence-corrected chi connectivity index (χ0v) is 16.1. The molecule has 4 nitrogen and oxygen atoms in total. The molecule has 0 saturated heterocycles. The Kier molecular flexibility index (Phi) is 5.62. The van der Waals surface area contributed by atoms with Crippen LogP contribution in [0.3, 0.4) is 0 Å². The maximum atomic E-state index is 16.0. The first-order valence-electron chi connectivity index (χ1n) is 8.09. The minimum absolute atomic E-state index is 0.296. The van der Waals surface area contributed by atoms with E-state index in [9.17, 15) is 26.4 Å². The Morgan fingerprint density at radius 3 is 1.89 bits per heavy atom. The molecule has 0 aliphatic rings. The summed E-state index contributed by atoms with van der Waals surface area (Å²) in [7, 11) is -5.10. The van der Waals surface area contributed by atoms with E-state index in [-0.39, 0.29) is 0 Å². The Hall–Kier alpha value is -2.42. The SMILES string of the molecule is CC(C)(C)OC(=O)C(F)(c1cccc(C(F)(F)F)c1)S(=O)(=O)c1ccccc1. The van der Waals surface area contributed by atoms with Crippen LogP contribution in [0.2, 0.25) is 0 Å². The summed E-state index contributed by atoms with van der Waals surface area (Å²) in [6, 6.07) is 8.73. The number of hydrogen-bond donors (Lipinski definition) is 0. The van der Waals surface area contributed by atoms with E-state index in [2.05, 4.69) is 0 Å². The molecule has 0 aliphatic carbocycles. The van der Waals surface area contributed by atoms with Crippen LogP contribution in [-0.2, 0) is 30.5 Å². The van der Waals surface area contributed by atoms with Crippen LogP contribution < -0.4 is 0 Å². The average molecular weight is 418 g/mol. The van der Waals surface area contributed by atoms with Crippen molar-refractivity contribution in [1.82, 2.24) is 0 Å². The summed E-state index contributed by atoms with van der Waals surface area (Å²) in [5.41, 5.74) is -3.55. The summed E-state index contributed by atoms with van der Waals surface area (Å²) in [5, 5.41) is -3.87. The summed E-state index contributed by atoms with van der Waals surface area (Å²) in [6.07, 6.45) is -4.86. The third-order valence-corrected chi connectivity index (χ3v) is 5.68. The lowest BCUT2D eigenvalue weighted by Gasteiger charge is -2.29. The van der Waals surface area contributed by atoms with Crippen molar-refractivity contribution in [3.8, 4) is 0 Å². The fourth-order valence-corrected chi connectivity index (χ4v) is 3.92. The minimum atomic E-state index is -5.10. The largest absolute Gasteiger partial charge is 0.457 e. The smallest absolute Gasteiger partial charge is 0.416 e. The third-order valence-electron chi connectivity index (χ3n) is 3.65. The molecule has 0 radical (unpaired) electrons. The highest BCUT2D eigenvalue weighted by atomic mass is 32.2. The summed E-state index contributed by atoms with van der Waals surface area (Å²) in [5.74, 6) is -1.82. The number of halogens is 4. The second-order valence-electron chi connectivity index (χ2n) is 6.99. The van der Waals surface area contributed by atoms with E-state index >= 15 is 4.39 Å². The van der Waals surface area contributed by atoms with Gasteiger partial charge >= 0.3 is 17.1 Å². The normalized spacial score (nSPS) is 15.0. The van der Waals surface area contributed by atoms with Crippen molar-refractivity contribution in [2.45, 2.75) is 42.4 Å². The molecule has 0 aliphatic heterocycles. The highest BCUT2D eigenvalue weighted by Gasteiger charge is 2.57. The monoisotopic (exact) mass is 418 g/mol. The van der Waals surface area contributed by atoms with E-state index in [1.54, 1.807) is 0 Å². The standard InChI is InChI=1S/C19H18F4O4S/c1-17(2,3)27-16(24)18(20,28(25,26)15-10-5-4-6-11-15)13-8-7-9-14(12-13)19(21,22)23/h4-12H,1-3H3. The molecule has 0 N–H and O–H groups in total. The summed E-state index contributed by atoms with van der Waals surface area (Å²) in [4.78, 5) is 12.0. The first kappa shape index (κ1) is 21.9. The van der Waals surface area contributed by atoms with E-state index in [0.717, 1.165) is 24.3 Å². The number of ether oxygens (including phenoxy) is 1. The van der Waals surface area contributed by atoms with Gasteiger partial charge < -0.3 is 4.74 Å². The van der Waals surface area contributed by atoms with Crippen molar-refractivity contribution >= 4 is 15.8 Å². The molecule has 0 spiro atoms. The number of sulfone groups is 1. The Balaban J connectivity index is 2.76. The minimum Gasteiger partial charge on any atom is -0.457 e. The Morgan fingerprint density at radius 1 is 0.857 bits per heavy atom. The molecule has 2 aromatic rings. The van der Waals surface area contributed by atoms with Crippen molar-refractivity contribution in [3.63, 3.8) is 0 Å². The van der Waals surface area contributed by atoms with Gasteiger partial charge in [-0.05, 0) is 45.0 Å². The molecule has 0 bridgehead atoms. The molecule has 0 aromatic heterocycles. The molecule has 152 valence electrons. The van der Waals surface area contributed by atoms with Gasteiger partial charge in [-0.1, -0.05) is 30.3 Å². The van der Waals surface area contributed by atoms with Gasteiger partial charge in [0.15, 0.2) is 0 Å². The van der Waals surface area contributed by atoms with Gasteiger partial charge in [0.25, 0.3) is 0 Å². The number of carbonyl (C=O) groups is 1. The summed E-state index contributed by atoms with van der Waals surface area (Å²) < 4.78 is 86.1. The Labute approximate surface area is 160 Å². The van der Waals surface area contributed by atoms with Crippen LogP contribution in [-0.4, -0.2) is 20.0 Å². The first-order chi connectivity index (χ1) is 12.7. The van der Waals surface area contributed by atoms with Gasteiger partial charge in [-0.3, -0.25) is 0 Å². The van der Waals surface area contributed by atoms with Crippen LogP contribution in [0.4, 0.5) is 17.6 Å². The molecule has 2 rings (SSSR count). The molecule has 1 unspecified atom stereocenters. The van der Waals surface area contributed by atoms with E-state index < -0.39 is 48.6 Å². The molecule has 9 heteroatoms. The average Bonchev–Trinajstić information content (AvgIpc) is 2.59. The fraction of sp³-hybridized carbons (Fsp3) is 0.316. The van der Waals surface area contributed by atoms with Crippen LogP contribution >= 0.6 is 0 Å². The maximum absolute atomic E-state index is 16.0. The van der Waals surface area contributed by atoms with Crippen molar-refractivity contribution < 1.29 is 35.5 Å². The first-order valence-corrected chi connectivity index (χ1v) is 9.58. The zero-order chi connectivity index (χ0) is 21.4. The van der Waals surface area contributed by atoms with Gasteiger partial charge in [0.2, 0.25) is 9.84 Å². The van der Waals surface area contributed by atoms with Gasteiger partial charge in [0.05, 0.1) is 10.5 Å². The van der Waals surface area contributed by atoms with Crippen LogP contribution in [0.15, 0.2) is 59.5 Å². The van der Waals surface area contributed by atoms with Gasteiger partial charge in [0.1, 0.15) is 5.60 Å². The van der Waals surface area contributed by atoms with Crippen LogP contribution in [0.25, 0.3) is 0 Å². The zero-order valence-electron chi connectivity index (χ0n) is 15.2. The van der Waals surface area contributed by atoms with E-state index in [1.165, 1.54) is 39.0 Å². The van der Waals surface area contributed by atoms with E-state index in [1.807, 2.05) is 0 Å². The van der Waals surface area contributed by atoms with E-state index in [4.69, 9.17) is 4.74 Å². The van der Waals surface area contributed by atoms with Crippen molar-refractivity contribution in [3.05, 3.63) is 65.7 Å². The van der Waals surface area contributed by atoms with Gasteiger partial charge in [-0.15, -0.1) is 0 Å². The second-order valence-corrected chi connectivity index (χ2v) is 9.03. The molecular formula is C19H18F4O4S. The fourth-order valence-electron chi connectivity index (χ4n) is 2.38. The predicted molar refractivity (Wildman–Crippen MR) is 93.7 cm³/mol. The van der Waals surface area contributed by atoms with Crippen LogP contribution in [0.5, 0.6) is 0 Å². The quantitative estimate of drug-likeness (QED) is 0.536. The summed E-state index contributed by atoms with van der Waals surface area (Å²) in [6.45, 7) is 4.14. The molecule has 2 aromatic carbocycles. The lowest BCUT2D eigenvalue weighted by Crippen LogP contribution is -2.44. The molecule has 0 saturated carbocycles. The topological polar surface area (TPSA) is 60.4 Å². The maximum Gasteiger partial charge on any atom is 0.416 e. The third kappa shape index (κ3) is 4.19. The molecule has 1 atom stereocenters. The van der Waals surface area contributed by atoms with Gasteiger partial charge in [0, 0.05) is 5.56 Å². The van der Waals surface area contributed by atoms with Gasteiger partial charge in [-0.25, -0.2) is 17.6 Å². The Bertz CT molecular complexity index is 963. The highest BCUT2D eigenvalue weighted by molar-refractivity contribution is 7.93. The summed E-state index contributed by atoms with van der Waals surface area (Å²) >= 11 is 0. The van der Waals surface area contributed by atoms with Gasteiger partial charge in [-0.2, -0.15) is 13.2 Å². The highest BCUT2D eigenvalue weighted by Crippen LogP contribution is 2.41. The van der Waals surface area contributed by atoms with E-state index in [0.29, 0.717) is 12.1 Å². The van der Waals surface area contributed by atoms with Crippen molar-refractivity contribution in [2.24, 2.45) is 0 Å². The number of carbonyl (C=O) groups excluding carboxylic acids is 1. The molecule has 0 fully saturated rings. The molecule has 28 heavy (non-hydrogen) atoms. The lowest BCUT2D eigenvalue weighted by molar-refractivity contribution is -0.164. The van der Waals surface area contributed by atoms with Crippen LogP contribution in [0, 0.1) is 0 Å².